The highest BCUT2D eigenvalue weighted by Gasteiger charge is 2.59. The fraction of sp³-hybridized carbons (Fsp3) is 0.435. The van der Waals surface area contributed by atoms with Crippen molar-refractivity contribution >= 4 is 11.5 Å². The molecular weight excluding hydrogens is 352 g/mol. The highest BCUT2D eigenvalue weighted by Crippen LogP contribution is 2.54. The molecule has 0 aromatic heterocycles. The molecule has 2 aliphatic rings. The molecule has 1 unspecified atom stereocenters. The van der Waals surface area contributed by atoms with E-state index in [9.17, 15) is 14.9 Å². The SMILES string of the molecule is CCC1CC[C@H]2N(Cc3ccccc3)c3ccccc3[C@@]2(CC[N+](=O)[O-])C1=O. The Labute approximate surface area is 165 Å². The van der Waals surface area contributed by atoms with Gasteiger partial charge in [0.1, 0.15) is 5.78 Å². The van der Waals surface area contributed by atoms with Crippen LogP contribution in [0.3, 0.4) is 0 Å². The Hall–Kier alpha value is -2.69. The van der Waals surface area contributed by atoms with Gasteiger partial charge in [0, 0.05) is 35.5 Å². The minimum Gasteiger partial charge on any atom is -0.363 e. The van der Waals surface area contributed by atoms with Crippen molar-refractivity contribution in [3.8, 4) is 0 Å². The van der Waals surface area contributed by atoms with Crippen molar-refractivity contribution < 1.29 is 9.72 Å². The van der Waals surface area contributed by atoms with E-state index in [1.54, 1.807) is 0 Å². The second kappa shape index (κ2) is 7.38. The van der Waals surface area contributed by atoms with Gasteiger partial charge in [0.15, 0.2) is 0 Å². The lowest BCUT2D eigenvalue weighted by Gasteiger charge is -2.44. The van der Waals surface area contributed by atoms with E-state index in [4.69, 9.17) is 0 Å². The molecule has 0 N–H and O–H groups in total. The number of para-hydroxylation sites is 1. The van der Waals surface area contributed by atoms with Gasteiger partial charge in [-0.1, -0.05) is 55.5 Å². The number of carbonyl (C=O) groups excluding carboxylic acids is 1. The van der Waals surface area contributed by atoms with Crippen LogP contribution in [0.2, 0.25) is 0 Å². The first-order valence-corrected chi connectivity index (χ1v) is 10.1. The number of nitro groups is 1. The van der Waals surface area contributed by atoms with Gasteiger partial charge in [0.05, 0.1) is 5.41 Å². The van der Waals surface area contributed by atoms with Gasteiger partial charge < -0.3 is 4.90 Å². The van der Waals surface area contributed by atoms with E-state index >= 15 is 0 Å². The maximum Gasteiger partial charge on any atom is 0.205 e. The van der Waals surface area contributed by atoms with Crippen molar-refractivity contribution in [2.24, 2.45) is 5.92 Å². The first-order valence-electron chi connectivity index (χ1n) is 10.1. The number of rotatable bonds is 6. The number of nitrogens with zero attached hydrogens (tertiary/aromatic N) is 2. The van der Waals surface area contributed by atoms with Crippen molar-refractivity contribution in [3.63, 3.8) is 0 Å². The molecule has 3 atom stereocenters. The van der Waals surface area contributed by atoms with Crippen LogP contribution in [0.4, 0.5) is 5.69 Å². The predicted molar refractivity (Wildman–Crippen MR) is 109 cm³/mol. The quantitative estimate of drug-likeness (QED) is 0.553. The van der Waals surface area contributed by atoms with Crippen molar-refractivity contribution in [2.75, 3.05) is 11.4 Å². The number of benzene rings is 2. The molecule has 1 fully saturated rings. The number of anilines is 1. The minimum absolute atomic E-state index is 0.00673. The number of ketones is 1. The molecule has 1 aliphatic heterocycles. The Bertz CT molecular complexity index is 882. The monoisotopic (exact) mass is 378 g/mol. The first kappa shape index (κ1) is 18.7. The second-order valence-electron chi connectivity index (χ2n) is 7.97. The first-order chi connectivity index (χ1) is 13.6. The van der Waals surface area contributed by atoms with Crippen molar-refractivity contribution in [3.05, 3.63) is 75.8 Å². The molecule has 0 amide bonds. The van der Waals surface area contributed by atoms with Crippen molar-refractivity contribution in [2.45, 2.75) is 50.6 Å². The molecule has 1 aliphatic carbocycles. The summed E-state index contributed by atoms with van der Waals surface area (Å²) in [6.45, 7) is 2.59. The van der Waals surface area contributed by atoms with Crippen LogP contribution in [0, 0.1) is 16.0 Å². The third kappa shape index (κ3) is 2.89. The van der Waals surface area contributed by atoms with Crippen molar-refractivity contribution in [1.82, 2.24) is 0 Å². The second-order valence-corrected chi connectivity index (χ2v) is 7.97. The summed E-state index contributed by atoms with van der Waals surface area (Å²) in [6, 6.07) is 18.3. The normalized spacial score (nSPS) is 26.0. The predicted octanol–water partition coefficient (Wildman–Crippen LogP) is 4.37. The summed E-state index contributed by atoms with van der Waals surface area (Å²) in [5.41, 5.74) is 2.47. The summed E-state index contributed by atoms with van der Waals surface area (Å²) in [5, 5.41) is 11.3. The molecule has 0 saturated heterocycles. The Balaban J connectivity index is 1.82. The Morgan fingerprint density at radius 1 is 1.11 bits per heavy atom. The van der Waals surface area contributed by atoms with Gasteiger partial charge in [-0.25, -0.2) is 0 Å². The third-order valence-electron chi connectivity index (χ3n) is 6.62. The van der Waals surface area contributed by atoms with Gasteiger partial charge in [-0.3, -0.25) is 14.9 Å². The van der Waals surface area contributed by atoms with Gasteiger partial charge in [0.25, 0.3) is 0 Å². The van der Waals surface area contributed by atoms with E-state index in [2.05, 4.69) is 23.1 Å². The van der Waals surface area contributed by atoms with Crippen LogP contribution in [0.1, 0.15) is 43.7 Å². The maximum absolute atomic E-state index is 13.7. The molecular formula is C23H26N2O3. The van der Waals surface area contributed by atoms with Crippen LogP contribution in [-0.2, 0) is 16.8 Å². The molecule has 0 bridgehead atoms. The molecule has 5 nitrogen and oxygen atoms in total. The Morgan fingerprint density at radius 3 is 2.54 bits per heavy atom. The summed E-state index contributed by atoms with van der Waals surface area (Å²) >= 11 is 0. The standard InChI is InChI=1S/C23H26N2O3/c1-2-18-12-13-21-23(22(18)26,14-15-25(27)28)19-10-6-7-11-20(19)24(21)16-17-8-4-3-5-9-17/h3-11,18,21H,2,12-16H2,1H3/t18?,21-,23-/m1/s1. The zero-order chi connectivity index (χ0) is 19.7. The van der Waals surface area contributed by atoms with Crippen LogP contribution in [0.25, 0.3) is 0 Å². The lowest BCUT2D eigenvalue weighted by Crippen LogP contribution is -2.55. The summed E-state index contributed by atoms with van der Waals surface area (Å²) in [7, 11) is 0. The zero-order valence-corrected chi connectivity index (χ0v) is 16.2. The van der Waals surface area contributed by atoms with Crippen molar-refractivity contribution in [1.29, 1.82) is 0 Å². The molecule has 1 heterocycles. The largest absolute Gasteiger partial charge is 0.363 e. The van der Waals surface area contributed by atoms with Crippen LogP contribution in [0.15, 0.2) is 54.6 Å². The average molecular weight is 378 g/mol. The van der Waals surface area contributed by atoms with Crippen LogP contribution in [-0.4, -0.2) is 23.3 Å². The fourth-order valence-electron chi connectivity index (χ4n) is 5.33. The molecule has 2 aromatic rings. The molecule has 5 heteroatoms. The van der Waals surface area contributed by atoms with Gasteiger partial charge in [-0.2, -0.15) is 0 Å². The lowest BCUT2D eigenvalue weighted by atomic mass is 9.61. The molecule has 1 saturated carbocycles. The van der Waals surface area contributed by atoms with E-state index in [0.717, 1.165) is 30.5 Å². The smallest absolute Gasteiger partial charge is 0.205 e. The van der Waals surface area contributed by atoms with Gasteiger partial charge in [-0.05, 0) is 36.5 Å². The zero-order valence-electron chi connectivity index (χ0n) is 16.2. The topological polar surface area (TPSA) is 63.4 Å². The Morgan fingerprint density at radius 2 is 1.82 bits per heavy atom. The number of fused-ring (bicyclic) bond motifs is 3. The number of hydrogen-bond donors (Lipinski definition) is 0. The highest BCUT2D eigenvalue weighted by molar-refractivity contribution is 5.98. The van der Waals surface area contributed by atoms with E-state index in [0.29, 0.717) is 6.54 Å². The molecule has 2 aromatic carbocycles. The maximum atomic E-state index is 13.7. The summed E-state index contributed by atoms with van der Waals surface area (Å²) in [5.74, 6) is 0.198. The van der Waals surface area contributed by atoms with Gasteiger partial charge in [-0.15, -0.1) is 0 Å². The number of hydrogen-bond acceptors (Lipinski definition) is 4. The minimum atomic E-state index is -0.766. The Kier molecular flexibility index (Phi) is 4.92. The molecule has 28 heavy (non-hydrogen) atoms. The lowest BCUT2D eigenvalue weighted by molar-refractivity contribution is -0.481. The van der Waals surface area contributed by atoms with E-state index in [1.807, 2.05) is 43.3 Å². The van der Waals surface area contributed by atoms with Gasteiger partial charge >= 0.3 is 0 Å². The summed E-state index contributed by atoms with van der Waals surface area (Å²) in [6.07, 6.45) is 2.83. The summed E-state index contributed by atoms with van der Waals surface area (Å²) < 4.78 is 0. The number of carbonyl (C=O) groups is 1. The molecule has 4 rings (SSSR count). The third-order valence-corrected chi connectivity index (χ3v) is 6.62. The molecule has 146 valence electrons. The summed E-state index contributed by atoms with van der Waals surface area (Å²) in [4.78, 5) is 27.0. The van der Waals surface area contributed by atoms with E-state index in [1.165, 1.54) is 5.56 Å². The number of Topliss-reactive ketones (excluding diaryl/α,β-unsaturated/α-hetero) is 1. The van der Waals surface area contributed by atoms with Gasteiger partial charge in [0.2, 0.25) is 6.54 Å². The van der Waals surface area contributed by atoms with Crippen LogP contribution in [0.5, 0.6) is 0 Å². The molecule has 0 spiro atoms. The molecule has 0 radical (unpaired) electrons. The van der Waals surface area contributed by atoms with Crippen LogP contribution < -0.4 is 4.90 Å². The van der Waals surface area contributed by atoms with Crippen LogP contribution >= 0.6 is 0 Å². The van der Waals surface area contributed by atoms with E-state index < -0.39 is 5.41 Å². The highest BCUT2D eigenvalue weighted by atomic mass is 16.6. The van der Waals surface area contributed by atoms with E-state index in [-0.39, 0.29) is 35.6 Å². The average Bonchev–Trinajstić information content (AvgIpc) is 2.99. The fourth-order valence-corrected chi connectivity index (χ4v) is 5.33.